The third-order valence-electron chi connectivity index (χ3n) is 2.76. The first-order valence-electron chi connectivity index (χ1n) is 5.51. The summed E-state index contributed by atoms with van der Waals surface area (Å²) < 4.78 is 27.7. The molecule has 0 radical (unpaired) electrons. The van der Waals surface area contributed by atoms with Crippen LogP contribution in [0.3, 0.4) is 0 Å². The maximum Gasteiger partial charge on any atom is 0.168 e. The maximum atomic E-state index is 11.3. The Hall–Kier alpha value is -1.81. The summed E-state index contributed by atoms with van der Waals surface area (Å²) in [5.74, 6) is 0.645. The van der Waals surface area contributed by atoms with Crippen LogP contribution in [0.2, 0.25) is 0 Å². The van der Waals surface area contributed by atoms with Crippen molar-refractivity contribution in [1.29, 1.82) is 0 Å². The SMILES string of the molecule is COc1ccc([SH](=O)=O)c(-c2ccc(C)cc2)c1. The van der Waals surface area contributed by atoms with Gasteiger partial charge in [-0.1, -0.05) is 29.8 Å². The molecule has 0 spiro atoms. The van der Waals surface area contributed by atoms with Gasteiger partial charge in [-0.3, -0.25) is 0 Å². The van der Waals surface area contributed by atoms with Gasteiger partial charge in [0.05, 0.1) is 12.0 Å². The molecule has 0 saturated heterocycles. The van der Waals surface area contributed by atoms with Crippen molar-refractivity contribution in [2.75, 3.05) is 7.11 Å². The quantitative estimate of drug-likeness (QED) is 0.865. The Balaban J connectivity index is 2.63. The minimum atomic E-state index is -2.62. The smallest absolute Gasteiger partial charge is 0.168 e. The molecule has 0 aliphatic heterocycles. The fraction of sp³-hybridized carbons (Fsp3) is 0.143. The van der Waals surface area contributed by atoms with Crippen molar-refractivity contribution in [2.24, 2.45) is 0 Å². The Morgan fingerprint density at radius 2 is 1.67 bits per heavy atom. The van der Waals surface area contributed by atoms with Crippen LogP contribution in [0.4, 0.5) is 0 Å². The van der Waals surface area contributed by atoms with Crippen LogP contribution in [0.1, 0.15) is 5.56 Å². The molecule has 0 aliphatic carbocycles. The van der Waals surface area contributed by atoms with Crippen LogP contribution in [0.5, 0.6) is 5.75 Å². The van der Waals surface area contributed by atoms with Crippen molar-refractivity contribution < 1.29 is 13.2 Å². The van der Waals surface area contributed by atoms with E-state index in [9.17, 15) is 8.42 Å². The molecule has 18 heavy (non-hydrogen) atoms. The van der Waals surface area contributed by atoms with Gasteiger partial charge in [0.1, 0.15) is 5.75 Å². The molecule has 0 fully saturated rings. The van der Waals surface area contributed by atoms with E-state index in [1.807, 2.05) is 31.2 Å². The van der Waals surface area contributed by atoms with Crippen LogP contribution in [-0.2, 0) is 10.7 Å². The van der Waals surface area contributed by atoms with Gasteiger partial charge in [0.2, 0.25) is 0 Å². The second kappa shape index (κ2) is 5.23. The maximum absolute atomic E-state index is 11.3. The van der Waals surface area contributed by atoms with Gasteiger partial charge >= 0.3 is 0 Å². The van der Waals surface area contributed by atoms with Gasteiger partial charge in [0.15, 0.2) is 10.7 Å². The molecular weight excluding hydrogens is 248 g/mol. The number of hydrogen-bond donors (Lipinski definition) is 1. The number of methoxy groups -OCH3 is 1. The number of aryl methyl sites for hydroxylation is 1. The molecule has 0 atom stereocenters. The molecule has 0 amide bonds. The minimum Gasteiger partial charge on any atom is -0.497 e. The molecular formula is C14H14O3S. The standard InChI is InChI=1S/C14H14O3S/c1-10-3-5-11(6-4-10)13-9-12(17-2)7-8-14(13)18(15)16/h3-9,18H,1-2H3. The Morgan fingerprint density at radius 3 is 2.22 bits per heavy atom. The Bertz CT molecular complexity index is 620. The van der Waals surface area contributed by atoms with Crippen LogP contribution in [0, 0.1) is 6.92 Å². The summed E-state index contributed by atoms with van der Waals surface area (Å²) >= 11 is 0. The van der Waals surface area contributed by atoms with E-state index in [1.54, 1.807) is 25.3 Å². The van der Waals surface area contributed by atoms with E-state index in [0.717, 1.165) is 11.1 Å². The first kappa shape index (κ1) is 12.6. The predicted octanol–water partition coefficient (Wildman–Crippen LogP) is 2.64. The van der Waals surface area contributed by atoms with Gasteiger partial charge in [-0.15, -0.1) is 0 Å². The van der Waals surface area contributed by atoms with E-state index < -0.39 is 10.7 Å². The highest BCUT2D eigenvalue weighted by atomic mass is 32.2. The lowest BCUT2D eigenvalue weighted by atomic mass is 10.0. The van der Waals surface area contributed by atoms with E-state index in [4.69, 9.17) is 4.74 Å². The topological polar surface area (TPSA) is 43.4 Å². The van der Waals surface area contributed by atoms with E-state index in [2.05, 4.69) is 0 Å². The zero-order valence-corrected chi connectivity index (χ0v) is 11.1. The van der Waals surface area contributed by atoms with Crippen molar-refractivity contribution in [3.63, 3.8) is 0 Å². The third-order valence-corrected chi connectivity index (χ3v) is 3.55. The number of rotatable bonds is 3. The van der Waals surface area contributed by atoms with Crippen LogP contribution in [-0.4, -0.2) is 15.5 Å². The van der Waals surface area contributed by atoms with Crippen molar-refractivity contribution in [1.82, 2.24) is 0 Å². The predicted molar refractivity (Wildman–Crippen MR) is 71.7 cm³/mol. The van der Waals surface area contributed by atoms with E-state index >= 15 is 0 Å². The Kier molecular flexibility index (Phi) is 3.67. The van der Waals surface area contributed by atoms with Gasteiger partial charge in [0, 0.05) is 5.56 Å². The average Bonchev–Trinajstić information content (AvgIpc) is 2.38. The average molecular weight is 262 g/mol. The van der Waals surface area contributed by atoms with Crippen molar-refractivity contribution in [3.05, 3.63) is 48.0 Å². The van der Waals surface area contributed by atoms with Crippen LogP contribution < -0.4 is 4.74 Å². The zero-order valence-electron chi connectivity index (χ0n) is 10.2. The second-order valence-electron chi connectivity index (χ2n) is 4.01. The highest BCUT2D eigenvalue weighted by Crippen LogP contribution is 2.29. The summed E-state index contributed by atoms with van der Waals surface area (Å²) in [6.07, 6.45) is 0. The molecule has 0 N–H and O–H groups in total. The summed E-state index contributed by atoms with van der Waals surface area (Å²) in [6, 6.07) is 12.7. The highest BCUT2D eigenvalue weighted by molar-refractivity contribution is 7.72. The first-order valence-corrected chi connectivity index (χ1v) is 6.69. The van der Waals surface area contributed by atoms with Crippen LogP contribution in [0.15, 0.2) is 47.4 Å². The summed E-state index contributed by atoms with van der Waals surface area (Å²) in [6.45, 7) is 1.99. The van der Waals surface area contributed by atoms with E-state index in [1.165, 1.54) is 0 Å². The molecule has 4 heteroatoms. The fourth-order valence-corrected chi connectivity index (χ4v) is 2.35. The normalized spacial score (nSPS) is 10.6. The lowest BCUT2D eigenvalue weighted by Gasteiger charge is -2.08. The summed E-state index contributed by atoms with van der Waals surface area (Å²) in [4.78, 5) is 0.314. The molecule has 0 saturated carbocycles. The van der Waals surface area contributed by atoms with E-state index in [-0.39, 0.29) is 0 Å². The Labute approximate surface area is 108 Å². The van der Waals surface area contributed by atoms with Crippen molar-refractivity contribution in [2.45, 2.75) is 11.8 Å². The number of ether oxygens (including phenoxy) is 1. The summed E-state index contributed by atoms with van der Waals surface area (Å²) in [7, 11) is -1.06. The molecule has 0 bridgehead atoms. The molecule has 0 unspecified atom stereocenters. The second-order valence-corrected chi connectivity index (χ2v) is 5.00. The van der Waals surface area contributed by atoms with Gasteiger partial charge in [0.25, 0.3) is 0 Å². The van der Waals surface area contributed by atoms with E-state index in [0.29, 0.717) is 16.2 Å². The lowest BCUT2D eigenvalue weighted by molar-refractivity contribution is 0.414. The minimum absolute atomic E-state index is 0.314. The Morgan fingerprint density at radius 1 is 1.00 bits per heavy atom. The number of thiol groups is 1. The largest absolute Gasteiger partial charge is 0.497 e. The number of benzene rings is 2. The van der Waals surface area contributed by atoms with Crippen molar-refractivity contribution in [3.8, 4) is 16.9 Å². The molecule has 3 nitrogen and oxygen atoms in total. The third kappa shape index (κ3) is 2.54. The fourth-order valence-electron chi connectivity index (χ4n) is 1.77. The molecule has 0 aliphatic rings. The summed E-state index contributed by atoms with van der Waals surface area (Å²) in [5, 5.41) is 0. The molecule has 0 aromatic heterocycles. The summed E-state index contributed by atoms with van der Waals surface area (Å²) in [5.41, 5.74) is 2.67. The monoisotopic (exact) mass is 262 g/mol. The van der Waals surface area contributed by atoms with Gasteiger partial charge < -0.3 is 4.74 Å². The zero-order chi connectivity index (χ0) is 13.1. The molecule has 2 aromatic carbocycles. The van der Waals surface area contributed by atoms with Gasteiger partial charge in [-0.2, -0.15) is 0 Å². The van der Waals surface area contributed by atoms with Crippen molar-refractivity contribution >= 4 is 10.7 Å². The lowest BCUT2D eigenvalue weighted by Crippen LogP contribution is -1.90. The molecule has 2 aromatic rings. The van der Waals surface area contributed by atoms with Gasteiger partial charge in [-0.05, 0) is 30.7 Å². The molecule has 2 rings (SSSR count). The molecule has 94 valence electrons. The highest BCUT2D eigenvalue weighted by Gasteiger charge is 2.08. The van der Waals surface area contributed by atoms with Crippen LogP contribution in [0.25, 0.3) is 11.1 Å². The molecule has 0 heterocycles. The van der Waals surface area contributed by atoms with Crippen LogP contribution >= 0.6 is 0 Å². The first-order chi connectivity index (χ1) is 8.61. The number of hydrogen-bond acceptors (Lipinski definition) is 3. The van der Waals surface area contributed by atoms with Gasteiger partial charge in [-0.25, -0.2) is 8.42 Å².